The van der Waals surface area contributed by atoms with Gasteiger partial charge in [-0.05, 0) is 46.2 Å². The normalized spacial score (nSPS) is 12.9. The van der Waals surface area contributed by atoms with E-state index in [1.807, 2.05) is 39.0 Å². The second-order valence-electron chi connectivity index (χ2n) is 6.56. The fraction of sp³-hybridized carbons (Fsp3) is 0.348. The van der Waals surface area contributed by atoms with Crippen LogP contribution in [0.15, 0.2) is 47.1 Å². The highest BCUT2D eigenvalue weighted by Crippen LogP contribution is 2.30. The number of allylic oxidation sites excluding steroid dienone is 3. The van der Waals surface area contributed by atoms with Crippen LogP contribution < -0.4 is 5.32 Å². The van der Waals surface area contributed by atoms with Crippen LogP contribution in [-0.4, -0.2) is 41.8 Å². The lowest BCUT2D eigenvalue weighted by molar-refractivity contribution is 0.0839. The number of fused-ring (bicyclic) bond motifs is 1. The topological polar surface area (TPSA) is 57.6 Å². The van der Waals surface area contributed by atoms with E-state index in [-0.39, 0.29) is 11.9 Å². The van der Waals surface area contributed by atoms with Crippen LogP contribution in [0.25, 0.3) is 10.2 Å². The van der Waals surface area contributed by atoms with Gasteiger partial charge in [0.05, 0.1) is 23.8 Å². The lowest BCUT2D eigenvalue weighted by Crippen LogP contribution is -2.36. The molecule has 0 aliphatic rings. The molecule has 2 aromatic heterocycles. The molecule has 2 heterocycles. The Balaban J connectivity index is 2.27. The fourth-order valence-electron chi connectivity index (χ4n) is 2.68. The summed E-state index contributed by atoms with van der Waals surface area (Å²) < 4.78 is 0. The van der Waals surface area contributed by atoms with Gasteiger partial charge in [-0.3, -0.25) is 14.7 Å². The number of hydrogen-bond donors (Lipinski definition) is 1. The largest absolute Gasteiger partial charge is 0.374 e. The van der Waals surface area contributed by atoms with Crippen LogP contribution in [0.4, 0.5) is 5.69 Å². The first-order chi connectivity index (χ1) is 14.0. The molecule has 0 aliphatic carbocycles. The number of nitrogens with one attached hydrogen (secondary N) is 1. The van der Waals surface area contributed by atoms with Gasteiger partial charge in [-0.25, -0.2) is 4.98 Å². The number of pyridine rings is 1. The zero-order valence-electron chi connectivity index (χ0n) is 17.7. The van der Waals surface area contributed by atoms with Crippen molar-refractivity contribution in [2.75, 3.05) is 18.9 Å². The van der Waals surface area contributed by atoms with Crippen molar-refractivity contribution in [1.82, 2.24) is 9.88 Å². The zero-order valence-corrected chi connectivity index (χ0v) is 18.5. The molecule has 5 nitrogen and oxygen atoms in total. The quantitative estimate of drug-likeness (QED) is 0.285. The fourth-order valence-corrected chi connectivity index (χ4v) is 3.65. The van der Waals surface area contributed by atoms with Crippen molar-refractivity contribution in [3.63, 3.8) is 0 Å². The highest BCUT2D eigenvalue weighted by Gasteiger charge is 2.21. The summed E-state index contributed by atoms with van der Waals surface area (Å²) in [5.74, 6) is 5.77. The van der Waals surface area contributed by atoms with E-state index in [1.54, 1.807) is 24.5 Å². The standard InChI is InChI=1S/C23H28N4OS/c1-6-8-13-25-20-12-14-26-22-19(20)15-21(29-22)23(28)27(16-24-5)18(4)11-9-10-17(3)7-2/h7,9,11-12,14-16,18H,10,13H2,1-5H3,(H,25,26)/b11-9-,17-7-,24-16?. The number of carbonyl (C=O) groups is 1. The molecule has 29 heavy (non-hydrogen) atoms. The van der Waals surface area contributed by atoms with E-state index in [0.29, 0.717) is 11.4 Å². The van der Waals surface area contributed by atoms with Crippen molar-refractivity contribution >= 4 is 39.5 Å². The molecule has 0 saturated heterocycles. The van der Waals surface area contributed by atoms with Gasteiger partial charge in [0.15, 0.2) is 0 Å². The van der Waals surface area contributed by atoms with E-state index >= 15 is 0 Å². The summed E-state index contributed by atoms with van der Waals surface area (Å²) in [5, 5.41) is 4.22. The van der Waals surface area contributed by atoms with Crippen molar-refractivity contribution in [1.29, 1.82) is 0 Å². The van der Waals surface area contributed by atoms with Gasteiger partial charge >= 0.3 is 0 Å². The summed E-state index contributed by atoms with van der Waals surface area (Å²) in [6, 6.07) is 3.70. The molecule has 1 atom stereocenters. The molecule has 152 valence electrons. The number of carbonyl (C=O) groups excluding carboxylic acids is 1. The highest BCUT2D eigenvalue weighted by atomic mass is 32.1. The minimum absolute atomic E-state index is 0.0854. The van der Waals surface area contributed by atoms with E-state index in [0.717, 1.165) is 22.3 Å². The Morgan fingerprint density at radius 1 is 1.48 bits per heavy atom. The maximum Gasteiger partial charge on any atom is 0.269 e. The summed E-state index contributed by atoms with van der Waals surface area (Å²) in [7, 11) is 1.67. The molecule has 2 rings (SSSR count). The third kappa shape index (κ3) is 6.03. The second-order valence-corrected chi connectivity index (χ2v) is 7.59. The highest BCUT2D eigenvalue weighted by molar-refractivity contribution is 7.20. The van der Waals surface area contributed by atoms with Crippen LogP contribution in [0.1, 0.15) is 43.8 Å². The van der Waals surface area contributed by atoms with Gasteiger partial charge in [0.2, 0.25) is 0 Å². The van der Waals surface area contributed by atoms with Crippen LogP contribution in [0.5, 0.6) is 0 Å². The molecule has 0 aromatic carbocycles. The molecule has 0 fully saturated rings. The van der Waals surface area contributed by atoms with E-state index in [2.05, 4.69) is 46.2 Å². The number of thiophene rings is 1. The Morgan fingerprint density at radius 3 is 2.97 bits per heavy atom. The lowest BCUT2D eigenvalue weighted by atomic mass is 10.1. The van der Waals surface area contributed by atoms with Crippen molar-refractivity contribution in [3.8, 4) is 11.8 Å². The summed E-state index contributed by atoms with van der Waals surface area (Å²) in [6.45, 7) is 8.47. The van der Waals surface area contributed by atoms with Crippen LogP contribution in [0.3, 0.4) is 0 Å². The van der Waals surface area contributed by atoms with Gasteiger partial charge in [-0.15, -0.1) is 17.3 Å². The lowest BCUT2D eigenvalue weighted by Gasteiger charge is -2.22. The van der Waals surface area contributed by atoms with Crippen molar-refractivity contribution < 1.29 is 4.79 Å². The number of rotatable bonds is 8. The maximum atomic E-state index is 13.2. The molecule has 1 unspecified atom stereocenters. The van der Waals surface area contributed by atoms with Gasteiger partial charge in [-0.1, -0.05) is 29.7 Å². The molecule has 6 heteroatoms. The molecule has 0 spiro atoms. The third-order valence-corrected chi connectivity index (χ3v) is 5.48. The number of nitrogens with zero attached hydrogens (tertiary/aromatic N) is 3. The van der Waals surface area contributed by atoms with E-state index in [9.17, 15) is 4.79 Å². The average Bonchev–Trinajstić information content (AvgIpc) is 3.16. The minimum Gasteiger partial charge on any atom is -0.374 e. The smallest absolute Gasteiger partial charge is 0.269 e. The summed E-state index contributed by atoms with van der Waals surface area (Å²) >= 11 is 1.39. The molecule has 1 amide bonds. The average molecular weight is 409 g/mol. The van der Waals surface area contributed by atoms with Crippen molar-refractivity contribution in [2.24, 2.45) is 4.99 Å². The number of anilines is 1. The first kappa shape index (κ1) is 22.4. The van der Waals surface area contributed by atoms with Crippen LogP contribution in [0.2, 0.25) is 0 Å². The molecule has 2 aromatic rings. The van der Waals surface area contributed by atoms with E-state index in [1.165, 1.54) is 16.9 Å². The maximum absolute atomic E-state index is 13.2. The molecule has 0 saturated carbocycles. The van der Waals surface area contributed by atoms with Gasteiger partial charge in [0.1, 0.15) is 4.83 Å². The Morgan fingerprint density at radius 2 is 2.28 bits per heavy atom. The number of amides is 1. The Bertz CT molecular complexity index is 991. The van der Waals surface area contributed by atoms with Crippen LogP contribution in [-0.2, 0) is 0 Å². The molecular weight excluding hydrogens is 380 g/mol. The molecule has 1 N–H and O–H groups in total. The van der Waals surface area contributed by atoms with Gasteiger partial charge in [-0.2, -0.15) is 0 Å². The predicted molar refractivity (Wildman–Crippen MR) is 125 cm³/mol. The first-order valence-corrected chi connectivity index (χ1v) is 10.4. The van der Waals surface area contributed by atoms with Crippen LogP contribution >= 0.6 is 11.3 Å². The second kappa shape index (κ2) is 11.2. The number of aromatic nitrogens is 1. The molecule has 0 radical (unpaired) electrons. The monoisotopic (exact) mass is 408 g/mol. The first-order valence-electron chi connectivity index (χ1n) is 9.57. The van der Waals surface area contributed by atoms with Gasteiger partial charge in [0, 0.05) is 24.3 Å². The summed E-state index contributed by atoms with van der Waals surface area (Å²) in [4.78, 5) is 24.8. The Labute approximate surface area is 177 Å². The number of hydrogen-bond acceptors (Lipinski definition) is 5. The van der Waals surface area contributed by atoms with Gasteiger partial charge in [0.25, 0.3) is 5.91 Å². The molecule has 0 aliphatic heterocycles. The zero-order chi connectivity index (χ0) is 21.2. The van der Waals surface area contributed by atoms with Crippen LogP contribution in [0, 0.1) is 11.8 Å². The summed E-state index contributed by atoms with van der Waals surface area (Å²) in [5.41, 5.74) is 2.22. The van der Waals surface area contributed by atoms with Gasteiger partial charge < -0.3 is 5.32 Å². The van der Waals surface area contributed by atoms with Crippen molar-refractivity contribution in [3.05, 3.63) is 47.0 Å². The summed E-state index contributed by atoms with van der Waals surface area (Å²) in [6.07, 6.45) is 10.4. The Kier molecular flexibility index (Phi) is 8.63. The predicted octanol–water partition coefficient (Wildman–Crippen LogP) is 5.13. The number of aliphatic imine (C=N–C) groups is 1. The third-order valence-electron chi connectivity index (χ3n) is 4.45. The minimum atomic E-state index is -0.105. The van der Waals surface area contributed by atoms with E-state index in [4.69, 9.17) is 0 Å². The Hall–Kier alpha value is -2.91. The molecular formula is C23H28N4OS. The van der Waals surface area contributed by atoms with E-state index < -0.39 is 0 Å². The van der Waals surface area contributed by atoms with Crippen molar-refractivity contribution in [2.45, 2.75) is 40.2 Å². The molecule has 0 bridgehead atoms. The SMILES string of the molecule is CC#CCNc1ccnc2sc(C(=O)N(C=NC)C(C)/C=C\C/C(C)=C\C)cc12.